The highest BCUT2D eigenvalue weighted by Gasteiger charge is 2.15. The Hall–Kier alpha value is -5.03. The first kappa shape index (κ1) is 80.1. The van der Waals surface area contributed by atoms with E-state index in [9.17, 15) is 28.8 Å². The van der Waals surface area contributed by atoms with Gasteiger partial charge in [-0.1, -0.05) is 194 Å². The first-order valence-electron chi connectivity index (χ1n) is 34.3. The van der Waals surface area contributed by atoms with Crippen LogP contribution >= 0.6 is 11.8 Å². The van der Waals surface area contributed by atoms with E-state index in [0.29, 0.717) is 74.5 Å². The number of rotatable bonds is 63. The highest BCUT2D eigenvalue weighted by molar-refractivity contribution is 7.99. The van der Waals surface area contributed by atoms with Crippen molar-refractivity contribution >= 4 is 47.2 Å². The number of amides is 6. The molecule has 6 amide bonds. The lowest BCUT2D eigenvalue weighted by atomic mass is 10.0. The summed E-state index contributed by atoms with van der Waals surface area (Å²) < 4.78 is 40.0. The Labute approximate surface area is 538 Å². The van der Waals surface area contributed by atoms with Gasteiger partial charge in [-0.15, -0.1) is 10.2 Å². The second-order valence-corrected chi connectivity index (χ2v) is 24.5. The van der Waals surface area contributed by atoms with E-state index in [1.165, 1.54) is 153 Å². The van der Waals surface area contributed by atoms with Crippen LogP contribution in [0.2, 0.25) is 0 Å². The Bertz CT molecular complexity index is 1990. The van der Waals surface area contributed by atoms with Gasteiger partial charge in [0.15, 0.2) is 0 Å². The van der Waals surface area contributed by atoms with Gasteiger partial charge in [0.25, 0.3) is 5.22 Å². The summed E-state index contributed by atoms with van der Waals surface area (Å²) in [5.41, 5.74) is 0.566. The van der Waals surface area contributed by atoms with Crippen LogP contribution in [0.4, 0.5) is 0 Å². The second-order valence-electron chi connectivity index (χ2n) is 23.0. The molecule has 6 N–H and O–H groups in total. The van der Waals surface area contributed by atoms with Crippen molar-refractivity contribution in [3.63, 3.8) is 0 Å². The molecule has 0 aliphatic heterocycles. The van der Waals surface area contributed by atoms with Crippen LogP contribution in [0.5, 0.6) is 11.5 Å². The van der Waals surface area contributed by atoms with Gasteiger partial charge in [-0.3, -0.25) is 28.8 Å². The van der Waals surface area contributed by atoms with Gasteiger partial charge in [-0.2, -0.15) is 0 Å². The first-order valence-corrected chi connectivity index (χ1v) is 35.2. The zero-order chi connectivity index (χ0) is 64.3. The van der Waals surface area contributed by atoms with Gasteiger partial charge in [0.1, 0.15) is 24.7 Å². The number of benzene rings is 1. The molecule has 1 heterocycles. The van der Waals surface area contributed by atoms with Crippen LogP contribution in [0.1, 0.15) is 233 Å². The van der Waals surface area contributed by atoms with E-state index in [1.807, 2.05) is 13.8 Å². The summed E-state index contributed by atoms with van der Waals surface area (Å²) in [5.74, 6) is 0.469. The molecule has 0 unspecified atom stereocenters. The number of carbonyl (C=O) groups excluding carboxylic acids is 6. The molecule has 0 spiro atoms. The molecule has 2 rings (SSSR count). The van der Waals surface area contributed by atoms with E-state index < -0.39 is 0 Å². The fraction of sp³-hybridized carbons (Fsp3) is 0.791. The van der Waals surface area contributed by atoms with Gasteiger partial charge in [-0.25, -0.2) is 0 Å². The number of hydrogen-bond acceptors (Lipinski definition) is 16. The van der Waals surface area contributed by atoms with E-state index in [2.05, 4.69) is 55.9 Å². The summed E-state index contributed by atoms with van der Waals surface area (Å²) in [5, 5.41) is 26.0. The van der Waals surface area contributed by atoms with Gasteiger partial charge >= 0.3 is 0 Å². The summed E-state index contributed by atoms with van der Waals surface area (Å²) in [7, 11) is 0. The molecule has 0 fully saturated rings. The molecule has 22 heteroatoms. The maximum atomic E-state index is 12.5. The third kappa shape index (κ3) is 50.3. The molecule has 2 aromatic rings. The number of aromatic nitrogens is 2. The number of nitrogens with one attached hydrogen (secondary N) is 6. The van der Waals surface area contributed by atoms with Crippen LogP contribution in [-0.4, -0.2) is 156 Å². The monoisotopic (exact) mass is 1270 g/mol. The molecule has 1 aromatic heterocycles. The molecular formula is C67H118N8O13S. The van der Waals surface area contributed by atoms with Crippen molar-refractivity contribution in [1.29, 1.82) is 0 Å². The quantitative estimate of drug-likeness (QED) is 0.0265. The molecule has 21 nitrogen and oxygen atoms in total. The SMILES string of the molecule is CCCCCCCCCCCCCCCC(=O)NCCOCCC(=O)NCCOCCC(=O)NCCOc1cc(OCCNC(=O)CCOCCNC(=O)CCOCCNC(=O)CCCCCCCCCCCCCCC)cc(-c2nnc(SC(C)C)o2)c1. The lowest BCUT2D eigenvalue weighted by Gasteiger charge is -2.12. The van der Waals surface area contributed by atoms with Crippen LogP contribution in [0.25, 0.3) is 11.5 Å². The van der Waals surface area contributed by atoms with E-state index in [4.69, 9.17) is 32.8 Å². The minimum absolute atomic E-state index is 0.0408. The predicted molar refractivity (Wildman–Crippen MR) is 352 cm³/mol. The van der Waals surface area contributed by atoms with Crippen molar-refractivity contribution in [3.8, 4) is 23.0 Å². The number of thioether (sulfide) groups is 1. The van der Waals surface area contributed by atoms with Gasteiger partial charge in [0, 0.05) is 81.6 Å². The fourth-order valence-electron chi connectivity index (χ4n) is 9.41. The normalized spacial score (nSPS) is 11.2. The van der Waals surface area contributed by atoms with Crippen molar-refractivity contribution in [3.05, 3.63) is 18.2 Å². The smallest absolute Gasteiger partial charge is 0.277 e. The lowest BCUT2D eigenvalue weighted by Crippen LogP contribution is -2.30. The van der Waals surface area contributed by atoms with Gasteiger partial charge in [0.05, 0.1) is 65.9 Å². The maximum absolute atomic E-state index is 12.5. The average Bonchev–Trinajstić information content (AvgIpc) is 3.16. The molecule has 0 saturated heterocycles. The molecule has 0 bridgehead atoms. The topological polar surface area (TPSA) is 269 Å². The zero-order valence-corrected chi connectivity index (χ0v) is 56.2. The van der Waals surface area contributed by atoms with Crippen molar-refractivity contribution in [2.45, 2.75) is 244 Å². The summed E-state index contributed by atoms with van der Waals surface area (Å²) in [4.78, 5) is 73.7. The van der Waals surface area contributed by atoms with E-state index >= 15 is 0 Å². The molecule has 0 radical (unpaired) electrons. The molecule has 0 atom stereocenters. The third-order valence-electron chi connectivity index (χ3n) is 14.4. The summed E-state index contributed by atoms with van der Waals surface area (Å²) in [6.07, 6.45) is 34.8. The molecule has 0 saturated carbocycles. The van der Waals surface area contributed by atoms with Gasteiger partial charge in [-0.05, 0) is 25.0 Å². The van der Waals surface area contributed by atoms with Crippen LogP contribution in [0.15, 0.2) is 27.8 Å². The third-order valence-corrected chi connectivity index (χ3v) is 15.3. The molecular weight excluding hydrogens is 1160 g/mol. The van der Waals surface area contributed by atoms with E-state index in [1.54, 1.807) is 18.2 Å². The zero-order valence-electron chi connectivity index (χ0n) is 55.4. The van der Waals surface area contributed by atoms with Crippen molar-refractivity contribution in [2.24, 2.45) is 0 Å². The standard InChI is InChI=1S/C67H118N8O13S/c1-5-7-9-11-13-15-17-19-21-23-25-27-29-31-60(76)68-37-47-82-43-33-62(78)70-39-49-84-45-35-64(80)72-41-51-86-58-53-57(66-74-75-67(88-66)89-56(3)4)54-59(55-58)87-52-42-73-65(81)36-46-85-50-40-71-63(79)34-44-83-48-38-69-61(77)32-30-28-26-24-22-20-18-16-14-12-10-8-6-2/h53-56H,5-52H2,1-4H3,(H,68,76)(H,69,77)(H,70,78)(H,71,79)(H,72,80)(H,73,81). The average molecular weight is 1280 g/mol. The fourth-order valence-corrected chi connectivity index (χ4v) is 10.0. The number of hydrogen-bond donors (Lipinski definition) is 6. The van der Waals surface area contributed by atoms with E-state index in [0.717, 1.165) is 25.7 Å². The summed E-state index contributed by atoms with van der Waals surface area (Å²) in [6, 6.07) is 5.17. The van der Waals surface area contributed by atoms with Gasteiger partial charge < -0.3 is 64.7 Å². The van der Waals surface area contributed by atoms with Gasteiger partial charge in [0.2, 0.25) is 41.3 Å². The number of unbranched alkanes of at least 4 members (excludes halogenated alkanes) is 24. The Balaban J connectivity index is 1.50. The molecule has 0 aliphatic rings. The summed E-state index contributed by atoms with van der Waals surface area (Å²) in [6.45, 7) is 12.8. The highest BCUT2D eigenvalue weighted by atomic mass is 32.2. The molecule has 0 aliphatic carbocycles. The van der Waals surface area contributed by atoms with Crippen LogP contribution in [0.3, 0.4) is 0 Å². The Morgan fingerprint density at radius 1 is 0.371 bits per heavy atom. The number of carbonyl (C=O) groups is 6. The number of ether oxygens (including phenoxy) is 6. The van der Waals surface area contributed by atoms with Crippen molar-refractivity contribution in [2.75, 3.05) is 105 Å². The predicted octanol–water partition coefficient (Wildman–Crippen LogP) is 11.3. The number of nitrogens with zero attached hydrogens (tertiary/aromatic N) is 2. The Kier molecular flexibility index (Phi) is 52.3. The minimum Gasteiger partial charge on any atom is -0.492 e. The van der Waals surface area contributed by atoms with Crippen LogP contribution in [0, 0.1) is 0 Å². The van der Waals surface area contributed by atoms with Crippen LogP contribution in [-0.2, 0) is 47.7 Å². The first-order chi connectivity index (χ1) is 43.5. The van der Waals surface area contributed by atoms with Crippen molar-refractivity contribution < 1.29 is 61.6 Å². The second kappa shape index (κ2) is 58.1. The Morgan fingerprint density at radius 3 is 0.955 bits per heavy atom. The van der Waals surface area contributed by atoms with E-state index in [-0.39, 0.29) is 138 Å². The molecule has 1 aromatic carbocycles. The van der Waals surface area contributed by atoms with Crippen LogP contribution < -0.4 is 41.4 Å². The minimum atomic E-state index is -0.218. The Morgan fingerprint density at radius 2 is 0.652 bits per heavy atom. The maximum Gasteiger partial charge on any atom is 0.277 e. The lowest BCUT2D eigenvalue weighted by molar-refractivity contribution is -0.124. The van der Waals surface area contributed by atoms with Crippen molar-refractivity contribution in [1.82, 2.24) is 42.1 Å². The molecule has 510 valence electrons. The molecule has 89 heavy (non-hydrogen) atoms. The highest BCUT2D eigenvalue weighted by Crippen LogP contribution is 2.32. The summed E-state index contributed by atoms with van der Waals surface area (Å²) >= 11 is 1.44. The largest absolute Gasteiger partial charge is 0.492 e.